The molecule has 3 aromatic carbocycles. The van der Waals surface area contributed by atoms with Crippen LogP contribution in [0.15, 0.2) is 54.6 Å². The Hall–Kier alpha value is -2.80. The lowest BCUT2D eigenvalue weighted by molar-refractivity contribution is -0.133. The van der Waals surface area contributed by atoms with Gasteiger partial charge in [-0.1, -0.05) is 77.3 Å². The summed E-state index contributed by atoms with van der Waals surface area (Å²) in [6.07, 6.45) is 0. The molecular formula is C22H16Cl3N3O3. The molecule has 0 spiro atoms. The Morgan fingerprint density at radius 3 is 2.39 bits per heavy atom. The first-order chi connectivity index (χ1) is 14.7. The number of halogens is 3. The summed E-state index contributed by atoms with van der Waals surface area (Å²) in [4.78, 5) is 39.3. The summed E-state index contributed by atoms with van der Waals surface area (Å²) in [5.41, 5.74) is -0.509. The van der Waals surface area contributed by atoms with Gasteiger partial charge in [0.25, 0.3) is 5.91 Å². The van der Waals surface area contributed by atoms with Crippen LogP contribution in [0.4, 0.5) is 10.5 Å². The molecule has 4 rings (SSSR count). The van der Waals surface area contributed by atoms with E-state index in [2.05, 4.69) is 10.6 Å². The average Bonchev–Trinajstić information content (AvgIpc) is 2.94. The maximum atomic E-state index is 13.2. The predicted molar refractivity (Wildman–Crippen MR) is 122 cm³/mol. The van der Waals surface area contributed by atoms with Crippen molar-refractivity contribution in [3.63, 3.8) is 0 Å². The van der Waals surface area contributed by atoms with Crippen LogP contribution in [0.3, 0.4) is 0 Å². The topological polar surface area (TPSA) is 78.5 Å². The molecule has 1 unspecified atom stereocenters. The lowest BCUT2D eigenvalue weighted by Crippen LogP contribution is -2.42. The molecule has 1 atom stereocenters. The molecule has 31 heavy (non-hydrogen) atoms. The number of hydrogen-bond acceptors (Lipinski definition) is 3. The third-order valence-electron chi connectivity index (χ3n) is 5.18. The molecule has 3 aromatic rings. The summed E-state index contributed by atoms with van der Waals surface area (Å²) in [7, 11) is 0. The molecule has 0 aromatic heterocycles. The Balaban J connectivity index is 1.59. The summed E-state index contributed by atoms with van der Waals surface area (Å²) < 4.78 is 0. The first-order valence-corrected chi connectivity index (χ1v) is 10.4. The first kappa shape index (κ1) is 21.4. The van der Waals surface area contributed by atoms with Gasteiger partial charge in [-0.2, -0.15) is 0 Å². The molecule has 1 aliphatic heterocycles. The lowest BCUT2D eigenvalue weighted by Gasteiger charge is -2.24. The van der Waals surface area contributed by atoms with Gasteiger partial charge in [0.05, 0.1) is 15.7 Å². The van der Waals surface area contributed by atoms with E-state index in [0.717, 1.165) is 15.7 Å². The predicted octanol–water partition coefficient (Wildman–Crippen LogP) is 5.21. The number of urea groups is 1. The molecule has 6 nitrogen and oxygen atoms in total. The van der Waals surface area contributed by atoms with E-state index < -0.39 is 29.9 Å². The van der Waals surface area contributed by atoms with E-state index in [1.807, 2.05) is 36.4 Å². The van der Waals surface area contributed by atoms with E-state index in [4.69, 9.17) is 34.8 Å². The van der Waals surface area contributed by atoms with Crippen LogP contribution >= 0.6 is 34.8 Å². The molecular weight excluding hydrogens is 461 g/mol. The summed E-state index contributed by atoms with van der Waals surface area (Å²) in [6.45, 7) is 1.13. The van der Waals surface area contributed by atoms with Crippen molar-refractivity contribution in [2.45, 2.75) is 12.5 Å². The Kier molecular flexibility index (Phi) is 5.56. The summed E-state index contributed by atoms with van der Waals surface area (Å²) in [6, 6.07) is 15.3. The molecule has 0 aliphatic carbocycles. The van der Waals surface area contributed by atoms with Crippen molar-refractivity contribution in [3.05, 3.63) is 75.2 Å². The largest absolute Gasteiger partial charge is 0.325 e. The molecule has 1 heterocycles. The average molecular weight is 477 g/mol. The van der Waals surface area contributed by atoms with Crippen LogP contribution in [0.25, 0.3) is 10.8 Å². The Morgan fingerprint density at radius 2 is 1.68 bits per heavy atom. The van der Waals surface area contributed by atoms with Crippen LogP contribution in [0.2, 0.25) is 15.1 Å². The summed E-state index contributed by atoms with van der Waals surface area (Å²) >= 11 is 18.1. The Bertz CT molecular complexity index is 1220. The molecule has 9 heteroatoms. The fraction of sp³-hybridized carbons (Fsp3) is 0.136. The zero-order valence-corrected chi connectivity index (χ0v) is 18.5. The van der Waals surface area contributed by atoms with Gasteiger partial charge in [-0.3, -0.25) is 14.5 Å². The maximum Gasteiger partial charge on any atom is 0.325 e. The normalized spacial score (nSPS) is 18.4. The molecule has 1 fully saturated rings. The minimum Gasteiger partial charge on any atom is -0.322 e. The number of hydrogen-bond donors (Lipinski definition) is 2. The van der Waals surface area contributed by atoms with E-state index in [0.29, 0.717) is 10.6 Å². The van der Waals surface area contributed by atoms with Gasteiger partial charge in [0.15, 0.2) is 0 Å². The highest BCUT2D eigenvalue weighted by Crippen LogP contribution is 2.35. The van der Waals surface area contributed by atoms with E-state index in [-0.39, 0.29) is 15.7 Å². The fourth-order valence-electron chi connectivity index (χ4n) is 3.67. The first-order valence-electron chi connectivity index (χ1n) is 9.27. The van der Waals surface area contributed by atoms with Crippen LogP contribution in [0.1, 0.15) is 12.5 Å². The van der Waals surface area contributed by atoms with Gasteiger partial charge < -0.3 is 10.6 Å². The van der Waals surface area contributed by atoms with Crippen molar-refractivity contribution in [3.8, 4) is 0 Å². The summed E-state index contributed by atoms with van der Waals surface area (Å²) in [5.74, 6) is -1.16. The van der Waals surface area contributed by atoms with Crippen LogP contribution in [-0.2, 0) is 15.1 Å². The molecule has 4 amide bonds. The second-order valence-corrected chi connectivity index (χ2v) is 8.52. The quantitative estimate of drug-likeness (QED) is 0.508. The van der Waals surface area contributed by atoms with E-state index >= 15 is 0 Å². The van der Waals surface area contributed by atoms with E-state index in [1.54, 1.807) is 13.0 Å². The van der Waals surface area contributed by atoms with Crippen molar-refractivity contribution in [1.29, 1.82) is 0 Å². The third kappa shape index (κ3) is 3.82. The molecule has 158 valence electrons. The van der Waals surface area contributed by atoms with Crippen LogP contribution in [0.5, 0.6) is 0 Å². The molecule has 0 saturated carbocycles. The van der Waals surface area contributed by atoms with Gasteiger partial charge in [-0.05, 0) is 35.4 Å². The van der Waals surface area contributed by atoms with Crippen LogP contribution in [-0.4, -0.2) is 29.3 Å². The van der Waals surface area contributed by atoms with Gasteiger partial charge >= 0.3 is 6.03 Å². The minimum atomic E-state index is -1.31. The second-order valence-electron chi connectivity index (χ2n) is 7.27. The molecule has 1 aliphatic rings. The Morgan fingerprint density at radius 1 is 1.03 bits per heavy atom. The standard InChI is InChI=1S/C22H16Cl3N3O3/c1-22(15-8-4-6-12-5-2-3-7-14(12)15)20(30)28(21(31)27-22)11-18(29)26-19-16(24)9-13(23)10-17(19)25/h2-10H,11H2,1H3,(H,26,29)(H,27,31). The van der Waals surface area contributed by atoms with Crippen molar-refractivity contribution in [1.82, 2.24) is 10.2 Å². The fourth-order valence-corrected chi connectivity index (χ4v) is 4.58. The van der Waals surface area contributed by atoms with E-state index in [1.165, 1.54) is 12.1 Å². The number of fused-ring (bicyclic) bond motifs is 1. The van der Waals surface area contributed by atoms with Crippen molar-refractivity contribution < 1.29 is 14.4 Å². The highest BCUT2D eigenvalue weighted by atomic mass is 35.5. The SMILES string of the molecule is CC1(c2cccc3ccccc23)NC(=O)N(CC(=O)Nc2c(Cl)cc(Cl)cc2Cl)C1=O. The molecule has 0 bridgehead atoms. The van der Waals surface area contributed by atoms with Crippen molar-refractivity contribution >= 4 is 69.1 Å². The van der Waals surface area contributed by atoms with Gasteiger partial charge in [0.2, 0.25) is 5.91 Å². The zero-order chi connectivity index (χ0) is 22.3. The number of benzene rings is 3. The monoisotopic (exact) mass is 475 g/mol. The van der Waals surface area contributed by atoms with Gasteiger partial charge in [-0.15, -0.1) is 0 Å². The van der Waals surface area contributed by atoms with Gasteiger partial charge in [-0.25, -0.2) is 4.79 Å². The number of imide groups is 1. The third-order valence-corrected chi connectivity index (χ3v) is 5.99. The van der Waals surface area contributed by atoms with Crippen LogP contribution in [0, 0.1) is 0 Å². The molecule has 1 saturated heterocycles. The number of nitrogens with zero attached hydrogens (tertiary/aromatic N) is 1. The van der Waals surface area contributed by atoms with Gasteiger partial charge in [0.1, 0.15) is 12.1 Å². The van der Waals surface area contributed by atoms with E-state index in [9.17, 15) is 14.4 Å². The summed E-state index contributed by atoms with van der Waals surface area (Å²) in [5, 5.41) is 7.63. The molecule has 2 N–H and O–H groups in total. The number of rotatable bonds is 4. The lowest BCUT2D eigenvalue weighted by atomic mass is 9.88. The number of carbonyl (C=O) groups excluding carboxylic acids is 3. The zero-order valence-electron chi connectivity index (χ0n) is 16.2. The Labute approximate surface area is 193 Å². The number of amides is 4. The highest BCUT2D eigenvalue weighted by molar-refractivity contribution is 6.42. The molecule has 0 radical (unpaired) electrons. The second kappa shape index (κ2) is 8.04. The highest BCUT2D eigenvalue weighted by Gasteiger charge is 2.50. The van der Waals surface area contributed by atoms with Crippen LogP contribution < -0.4 is 10.6 Å². The van der Waals surface area contributed by atoms with Crippen molar-refractivity contribution in [2.24, 2.45) is 0 Å². The number of anilines is 1. The smallest absolute Gasteiger partial charge is 0.322 e. The minimum absolute atomic E-state index is 0.142. The van der Waals surface area contributed by atoms with Gasteiger partial charge in [0, 0.05) is 5.02 Å². The maximum absolute atomic E-state index is 13.2. The van der Waals surface area contributed by atoms with Crippen molar-refractivity contribution in [2.75, 3.05) is 11.9 Å². The number of nitrogens with one attached hydrogen (secondary N) is 2. The number of carbonyl (C=O) groups is 3.